The van der Waals surface area contributed by atoms with Crippen LogP contribution in [0.4, 0.5) is 0 Å². The minimum Gasteiger partial charge on any atom is -0.339 e. The summed E-state index contributed by atoms with van der Waals surface area (Å²) in [5.41, 5.74) is 0.746. The first-order valence-corrected chi connectivity index (χ1v) is 7.33. The van der Waals surface area contributed by atoms with Crippen LogP contribution in [0.5, 0.6) is 0 Å². The lowest BCUT2D eigenvalue weighted by Gasteiger charge is -2.41. The second-order valence-corrected chi connectivity index (χ2v) is 6.16. The van der Waals surface area contributed by atoms with Gasteiger partial charge < -0.3 is 15.1 Å². The van der Waals surface area contributed by atoms with Gasteiger partial charge in [0.1, 0.15) is 5.54 Å². The number of rotatable bonds is 1. The van der Waals surface area contributed by atoms with Crippen LogP contribution >= 0.6 is 11.6 Å². The van der Waals surface area contributed by atoms with Gasteiger partial charge in [0, 0.05) is 12.7 Å². The molecular formula is C14H20ClN3O. The Bertz CT molecular complexity index is 440. The maximum absolute atomic E-state index is 12.6. The molecule has 1 amide bonds. The number of carbonyl (C=O) groups excluding carboxylic acids is 1. The van der Waals surface area contributed by atoms with Gasteiger partial charge in [-0.2, -0.15) is 0 Å². The predicted octanol–water partition coefficient (Wildman–Crippen LogP) is 1.29. The lowest BCUT2D eigenvalue weighted by atomic mass is 9.86. The summed E-state index contributed by atoms with van der Waals surface area (Å²) in [4.78, 5) is 16.7. The van der Waals surface area contributed by atoms with Gasteiger partial charge in [-0.1, -0.05) is 6.08 Å². The molecule has 1 unspecified atom stereocenters. The third-order valence-electron chi connectivity index (χ3n) is 4.36. The number of hydrogen-bond donors (Lipinski definition) is 1. The molecule has 19 heavy (non-hydrogen) atoms. The van der Waals surface area contributed by atoms with Gasteiger partial charge >= 0.3 is 0 Å². The second-order valence-electron chi connectivity index (χ2n) is 5.60. The molecular weight excluding hydrogens is 262 g/mol. The molecule has 0 bridgehead atoms. The quantitative estimate of drug-likeness (QED) is 0.736. The van der Waals surface area contributed by atoms with Gasteiger partial charge in [-0.25, -0.2) is 0 Å². The van der Waals surface area contributed by atoms with Gasteiger partial charge in [0.2, 0.25) is 5.91 Å². The third-order valence-corrected chi connectivity index (χ3v) is 4.66. The van der Waals surface area contributed by atoms with E-state index in [1.807, 2.05) is 11.9 Å². The topological polar surface area (TPSA) is 35.6 Å². The highest BCUT2D eigenvalue weighted by Crippen LogP contribution is 2.37. The van der Waals surface area contributed by atoms with Crippen molar-refractivity contribution in [3.05, 3.63) is 23.9 Å². The van der Waals surface area contributed by atoms with Crippen LogP contribution in [-0.2, 0) is 4.79 Å². The smallest absolute Gasteiger partial charge is 0.249 e. The average Bonchev–Trinajstić information content (AvgIpc) is 2.65. The Morgan fingerprint density at radius 3 is 2.84 bits per heavy atom. The number of alkyl halides is 1. The summed E-state index contributed by atoms with van der Waals surface area (Å²) in [5, 5.41) is 3.38. The van der Waals surface area contributed by atoms with Crippen LogP contribution in [-0.4, -0.2) is 53.4 Å². The number of piperidine rings is 1. The molecule has 1 aliphatic carbocycles. The van der Waals surface area contributed by atoms with Crippen molar-refractivity contribution in [2.45, 2.75) is 30.2 Å². The highest BCUT2D eigenvalue weighted by molar-refractivity contribution is 6.22. The van der Waals surface area contributed by atoms with Crippen LogP contribution in [0, 0.1) is 0 Å². The first-order valence-electron chi connectivity index (χ1n) is 6.90. The van der Waals surface area contributed by atoms with Gasteiger partial charge in [-0.05, 0) is 44.5 Å². The standard InChI is InChI=1S/C14H20ClN3O/c1-17-10-18(12-4-2-3-11(15)9-12)14(13(17)19)5-7-16-8-6-14/h2,4,9,11,16H,3,5-8,10H2,1H3. The van der Waals surface area contributed by atoms with Gasteiger partial charge in [-0.3, -0.25) is 4.79 Å². The van der Waals surface area contributed by atoms with Crippen LogP contribution in [0.25, 0.3) is 0 Å². The van der Waals surface area contributed by atoms with E-state index in [2.05, 4.69) is 28.4 Å². The summed E-state index contributed by atoms with van der Waals surface area (Å²) in [7, 11) is 1.89. The Labute approximate surface area is 119 Å². The number of nitrogens with one attached hydrogen (secondary N) is 1. The Morgan fingerprint density at radius 2 is 2.16 bits per heavy atom. The Morgan fingerprint density at radius 1 is 1.42 bits per heavy atom. The van der Waals surface area contributed by atoms with E-state index >= 15 is 0 Å². The molecule has 1 atom stereocenters. The van der Waals surface area contributed by atoms with Crippen LogP contribution in [0.3, 0.4) is 0 Å². The van der Waals surface area contributed by atoms with Crippen molar-refractivity contribution in [1.29, 1.82) is 0 Å². The molecule has 0 aromatic heterocycles. The molecule has 2 heterocycles. The SMILES string of the molecule is CN1CN(C2=CC(Cl)CC=C2)C2(CCNCC2)C1=O. The molecule has 2 saturated heterocycles. The molecule has 1 N–H and O–H groups in total. The van der Waals surface area contributed by atoms with Gasteiger partial charge in [0.15, 0.2) is 0 Å². The predicted molar refractivity (Wildman–Crippen MR) is 75.8 cm³/mol. The highest BCUT2D eigenvalue weighted by atomic mass is 35.5. The minimum atomic E-state index is -0.357. The zero-order valence-electron chi connectivity index (χ0n) is 11.2. The second kappa shape index (κ2) is 4.84. The summed E-state index contributed by atoms with van der Waals surface area (Å²) in [6, 6.07) is 0. The van der Waals surface area contributed by atoms with Crippen LogP contribution < -0.4 is 5.32 Å². The largest absolute Gasteiger partial charge is 0.339 e. The fraction of sp³-hybridized carbons (Fsp3) is 0.643. The molecule has 2 fully saturated rings. The molecule has 0 radical (unpaired) electrons. The van der Waals surface area contributed by atoms with Crippen LogP contribution in [0.2, 0.25) is 0 Å². The molecule has 5 heteroatoms. The first-order chi connectivity index (χ1) is 9.13. The summed E-state index contributed by atoms with van der Waals surface area (Å²) in [6.45, 7) is 2.47. The normalized spacial score (nSPS) is 30.1. The summed E-state index contributed by atoms with van der Waals surface area (Å²) >= 11 is 6.22. The summed E-state index contributed by atoms with van der Waals surface area (Å²) < 4.78 is 0. The molecule has 3 aliphatic rings. The van der Waals surface area contributed by atoms with Crippen molar-refractivity contribution in [2.75, 3.05) is 26.8 Å². The summed E-state index contributed by atoms with van der Waals surface area (Å²) in [5.74, 6) is 0.250. The van der Waals surface area contributed by atoms with Gasteiger partial charge in [0.05, 0.1) is 12.0 Å². The van der Waals surface area contributed by atoms with E-state index < -0.39 is 0 Å². The Balaban J connectivity index is 1.95. The zero-order chi connectivity index (χ0) is 13.5. The highest BCUT2D eigenvalue weighted by Gasteiger charge is 2.52. The Kier molecular flexibility index (Phi) is 3.31. The molecule has 1 spiro atoms. The lowest BCUT2D eigenvalue weighted by Crippen LogP contribution is -2.54. The fourth-order valence-corrected chi connectivity index (χ4v) is 3.57. The van der Waals surface area contributed by atoms with Crippen molar-refractivity contribution < 1.29 is 4.79 Å². The number of allylic oxidation sites excluding steroid dienone is 3. The molecule has 0 saturated carbocycles. The van der Waals surface area contributed by atoms with Crippen molar-refractivity contribution >= 4 is 17.5 Å². The number of nitrogens with zero attached hydrogens (tertiary/aromatic N) is 2. The third kappa shape index (κ3) is 2.07. The van der Waals surface area contributed by atoms with E-state index in [1.165, 1.54) is 0 Å². The van der Waals surface area contributed by atoms with Gasteiger partial charge in [-0.15, -0.1) is 11.6 Å². The Hall–Kier alpha value is -1.00. The average molecular weight is 282 g/mol. The molecule has 4 nitrogen and oxygen atoms in total. The number of hydrogen-bond acceptors (Lipinski definition) is 3. The van der Waals surface area contributed by atoms with Crippen LogP contribution in [0.15, 0.2) is 23.9 Å². The number of likely N-dealkylation sites (N-methyl/N-ethyl adjacent to an activating group) is 1. The maximum Gasteiger partial charge on any atom is 0.249 e. The molecule has 2 aliphatic heterocycles. The monoisotopic (exact) mass is 281 g/mol. The van der Waals surface area contributed by atoms with Gasteiger partial charge in [0.25, 0.3) is 0 Å². The number of amides is 1. The van der Waals surface area contributed by atoms with E-state index in [9.17, 15) is 4.79 Å². The van der Waals surface area contributed by atoms with E-state index in [1.54, 1.807) is 0 Å². The molecule has 0 aromatic rings. The first kappa shape index (κ1) is 13.0. The number of carbonyl (C=O) groups is 1. The minimum absolute atomic E-state index is 0.0415. The fourth-order valence-electron chi connectivity index (χ4n) is 3.34. The maximum atomic E-state index is 12.6. The van der Waals surface area contributed by atoms with Crippen LogP contribution in [0.1, 0.15) is 19.3 Å². The lowest BCUT2D eigenvalue weighted by molar-refractivity contribution is -0.133. The van der Waals surface area contributed by atoms with E-state index in [0.29, 0.717) is 6.67 Å². The summed E-state index contributed by atoms with van der Waals surface area (Å²) in [6.07, 6.45) is 8.90. The van der Waals surface area contributed by atoms with E-state index in [0.717, 1.165) is 38.0 Å². The zero-order valence-corrected chi connectivity index (χ0v) is 12.0. The van der Waals surface area contributed by atoms with E-state index in [-0.39, 0.29) is 16.8 Å². The van der Waals surface area contributed by atoms with Crippen molar-refractivity contribution in [2.24, 2.45) is 0 Å². The van der Waals surface area contributed by atoms with E-state index in [4.69, 9.17) is 11.6 Å². The number of halogens is 1. The molecule has 3 rings (SSSR count). The molecule has 104 valence electrons. The molecule has 0 aromatic carbocycles. The van der Waals surface area contributed by atoms with Crippen molar-refractivity contribution in [1.82, 2.24) is 15.1 Å². The van der Waals surface area contributed by atoms with Crippen molar-refractivity contribution in [3.8, 4) is 0 Å². The van der Waals surface area contributed by atoms with Crippen molar-refractivity contribution in [3.63, 3.8) is 0 Å².